The lowest BCUT2D eigenvalue weighted by atomic mass is 10.3. The summed E-state index contributed by atoms with van der Waals surface area (Å²) in [5.74, 6) is 0. The Hall–Kier alpha value is -0.870. The van der Waals surface area contributed by atoms with Crippen molar-refractivity contribution in [2.24, 2.45) is 0 Å². The Morgan fingerprint density at radius 3 is 3.14 bits per heavy atom. The zero-order chi connectivity index (χ0) is 9.97. The van der Waals surface area contributed by atoms with Crippen LogP contribution in [-0.4, -0.2) is 27.3 Å². The highest BCUT2D eigenvalue weighted by atomic mass is 16.3. The average Bonchev–Trinajstić information content (AvgIpc) is 2.94. The Bertz CT molecular complexity index is 293. The zero-order valence-corrected chi connectivity index (χ0v) is 8.48. The molecule has 1 atom stereocenters. The fraction of sp³-hybridized carbons (Fsp3) is 0.700. The molecule has 1 aromatic heterocycles. The summed E-state index contributed by atoms with van der Waals surface area (Å²) in [6.07, 6.45) is 6.35. The van der Waals surface area contributed by atoms with Crippen LogP contribution in [0.4, 0.5) is 0 Å². The maximum atomic E-state index is 8.87. The van der Waals surface area contributed by atoms with Crippen molar-refractivity contribution in [3.63, 3.8) is 0 Å². The van der Waals surface area contributed by atoms with Crippen LogP contribution in [0.15, 0.2) is 12.5 Å². The van der Waals surface area contributed by atoms with Crippen molar-refractivity contribution >= 4 is 0 Å². The number of imidazole rings is 1. The fourth-order valence-corrected chi connectivity index (χ4v) is 1.49. The van der Waals surface area contributed by atoms with Crippen LogP contribution in [0, 0.1) is 0 Å². The molecule has 2 N–H and O–H groups in total. The van der Waals surface area contributed by atoms with Gasteiger partial charge in [0.25, 0.3) is 0 Å². The molecule has 0 aromatic carbocycles. The minimum Gasteiger partial charge on any atom is -0.395 e. The summed E-state index contributed by atoms with van der Waals surface area (Å²) in [6, 6.07) is 0.830. The Balaban J connectivity index is 1.91. The highest BCUT2D eigenvalue weighted by Gasteiger charge is 2.24. The molecule has 2 rings (SSSR count). The van der Waals surface area contributed by atoms with Gasteiger partial charge in [0.1, 0.15) is 0 Å². The third-order valence-corrected chi connectivity index (χ3v) is 2.59. The quantitative estimate of drug-likeness (QED) is 0.726. The summed E-state index contributed by atoms with van der Waals surface area (Å²) < 4.78 is 2.23. The molecule has 78 valence electrons. The Morgan fingerprint density at radius 1 is 1.71 bits per heavy atom. The van der Waals surface area contributed by atoms with Crippen LogP contribution in [0.2, 0.25) is 0 Å². The van der Waals surface area contributed by atoms with Gasteiger partial charge in [-0.2, -0.15) is 0 Å². The van der Waals surface area contributed by atoms with E-state index >= 15 is 0 Å². The summed E-state index contributed by atoms with van der Waals surface area (Å²) in [6.45, 7) is 2.94. The van der Waals surface area contributed by atoms with E-state index in [0.29, 0.717) is 6.04 Å². The molecule has 14 heavy (non-hydrogen) atoms. The van der Waals surface area contributed by atoms with E-state index in [0.717, 1.165) is 6.54 Å². The maximum Gasteiger partial charge on any atom is 0.0951 e. The molecule has 1 aromatic rings. The van der Waals surface area contributed by atoms with Crippen molar-refractivity contribution in [2.45, 2.75) is 38.4 Å². The largest absolute Gasteiger partial charge is 0.395 e. The lowest BCUT2D eigenvalue weighted by molar-refractivity contribution is 0.250. The number of hydrogen-bond acceptors (Lipinski definition) is 3. The molecule has 1 heterocycles. The SMILES string of the molecule is CC(CO)NCc1cncn1C1CC1. The summed E-state index contributed by atoms with van der Waals surface area (Å²) in [5.41, 5.74) is 1.22. The second-order valence-corrected chi connectivity index (χ2v) is 3.99. The molecular formula is C10H17N3O. The van der Waals surface area contributed by atoms with Gasteiger partial charge < -0.3 is 15.0 Å². The zero-order valence-electron chi connectivity index (χ0n) is 8.48. The standard InChI is InChI=1S/C10H17N3O/c1-8(6-14)12-5-10-4-11-7-13(10)9-2-3-9/h4,7-9,12,14H,2-3,5-6H2,1H3. The van der Waals surface area contributed by atoms with Crippen LogP contribution in [0.5, 0.6) is 0 Å². The number of nitrogens with zero attached hydrogens (tertiary/aromatic N) is 2. The average molecular weight is 195 g/mol. The molecule has 1 fully saturated rings. The molecule has 1 aliphatic rings. The van der Waals surface area contributed by atoms with Crippen LogP contribution < -0.4 is 5.32 Å². The first-order valence-electron chi connectivity index (χ1n) is 5.16. The molecule has 0 aliphatic heterocycles. The second kappa shape index (κ2) is 4.11. The molecule has 4 nitrogen and oxygen atoms in total. The number of aromatic nitrogens is 2. The van der Waals surface area contributed by atoms with Crippen molar-refractivity contribution in [2.75, 3.05) is 6.61 Å². The molecular weight excluding hydrogens is 178 g/mol. The summed E-state index contributed by atoms with van der Waals surface area (Å²) in [5, 5.41) is 12.1. The molecule has 4 heteroatoms. The molecule has 0 radical (unpaired) electrons. The predicted molar refractivity (Wildman–Crippen MR) is 53.9 cm³/mol. The Kier molecular flexibility index (Phi) is 2.84. The van der Waals surface area contributed by atoms with Gasteiger partial charge >= 0.3 is 0 Å². The van der Waals surface area contributed by atoms with Gasteiger partial charge in [0, 0.05) is 24.8 Å². The van der Waals surface area contributed by atoms with E-state index in [1.54, 1.807) is 0 Å². The monoisotopic (exact) mass is 195 g/mol. The summed E-state index contributed by atoms with van der Waals surface area (Å²) in [4.78, 5) is 4.15. The minimum absolute atomic E-state index is 0.151. The lowest BCUT2D eigenvalue weighted by Crippen LogP contribution is -2.29. The van der Waals surface area contributed by atoms with E-state index in [4.69, 9.17) is 5.11 Å². The van der Waals surface area contributed by atoms with Crippen molar-refractivity contribution in [3.8, 4) is 0 Å². The minimum atomic E-state index is 0.151. The van der Waals surface area contributed by atoms with Crippen molar-refractivity contribution in [1.29, 1.82) is 0 Å². The first-order valence-corrected chi connectivity index (χ1v) is 5.16. The highest BCUT2D eigenvalue weighted by molar-refractivity contribution is 5.03. The van der Waals surface area contributed by atoms with Gasteiger partial charge in [-0.3, -0.25) is 0 Å². The van der Waals surface area contributed by atoms with Gasteiger partial charge in [0.15, 0.2) is 0 Å². The van der Waals surface area contributed by atoms with Gasteiger partial charge in [0.2, 0.25) is 0 Å². The topological polar surface area (TPSA) is 50.1 Å². The van der Waals surface area contributed by atoms with E-state index in [9.17, 15) is 0 Å². The molecule has 1 unspecified atom stereocenters. The highest BCUT2D eigenvalue weighted by Crippen LogP contribution is 2.35. The first-order chi connectivity index (χ1) is 6.81. The first kappa shape index (κ1) is 9.68. The lowest BCUT2D eigenvalue weighted by Gasteiger charge is -2.11. The van der Waals surface area contributed by atoms with Crippen LogP contribution >= 0.6 is 0 Å². The van der Waals surface area contributed by atoms with E-state index < -0.39 is 0 Å². The van der Waals surface area contributed by atoms with Crippen molar-refractivity contribution in [3.05, 3.63) is 18.2 Å². The number of nitrogens with one attached hydrogen (secondary N) is 1. The summed E-state index contributed by atoms with van der Waals surface area (Å²) >= 11 is 0. The van der Waals surface area contributed by atoms with Gasteiger partial charge in [-0.15, -0.1) is 0 Å². The van der Waals surface area contributed by atoms with Crippen LogP contribution in [-0.2, 0) is 6.54 Å². The van der Waals surface area contributed by atoms with E-state index in [2.05, 4.69) is 14.9 Å². The molecule has 0 saturated heterocycles. The number of rotatable bonds is 5. The third kappa shape index (κ3) is 2.13. The van der Waals surface area contributed by atoms with Gasteiger partial charge in [-0.1, -0.05) is 0 Å². The van der Waals surface area contributed by atoms with Gasteiger partial charge in [-0.05, 0) is 19.8 Å². The van der Waals surface area contributed by atoms with Crippen LogP contribution in [0.1, 0.15) is 31.5 Å². The third-order valence-electron chi connectivity index (χ3n) is 2.59. The molecule has 0 spiro atoms. The molecule has 1 aliphatic carbocycles. The Labute approximate surface area is 84.0 Å². The normalized spacial score (nSPS) is 18.4. The van der Waals surface area contributed by atoms with E-state index in [-0.39, 0.29) is 12.6 Å². The van der Waals surface area contributed by atoms with E-state index in [1.165, 1.54) is 18.5 Å². The van der Waals surface area contributed by atoms with E-state index in [1.807, 2.05) is 19.4 Å². The smallest absolute Gasteiger partial charge is 0.0951 e. The molecule has 1 saturated carbocycles. The summed E-state index contributed by atoms with van der Waals surface area (Å²) in [7, 11) is 0. The Morgan fingerprint density at radius 2 is 2.50 bits per heavy atom. The maximum absolute atomic E-state index is 8.87. The molecule has 0 bridgehead atoms. The number of aliphatic hydroxyl groups is 1. The predicted octanol–water partition coefficient (Wildman–Crippen LogP) is 0.688. The van der Waals surface area contributed by atoms with Crippen LogP contribution in [0.3, 0.4) is 0 Å². The number of aliphatic hydroxyl groups excluding tert-OH is 1. The van der Waals surface area contributed by atoms with Gasteiger partial charge in [0.05, 0.1) is 18.6 Å². The fourth-order valence-electron chi connectivity index (χ4n) is 1.49. The molecule has 0 amide bonds. The van der Waals surface area contributed by atoms with Crippen LogP contribution in [0.25, 0.3) is 0 Å². The second-order valence-electron chi connectivity index (χ2n) is 3.99. The van der Waals surface area contributed by atoms with Gasteiger partial charge in [-0.25, -0.2) is 4.98 Å². The number of hydrogen-bond donors (Lipinski definition) is 2. The van der Waals surface area contributed by atoms with Crippen molar-refractivity contribution < 1.29 is 5.11 Å². The van der Waals surface area contributed by atoms with Crippen molar-refractivity contribution in [1.82, 2.24) is 14.9 Å².